The van der Waals surface area contributed by atoms with Crippen LogP contribution < -0.4 is 19.5 Å². The zero-order valence-corrected chi connectivity index (χ0v) is 20.2. The maximum Gasteiger partial charge on any atom is 0.262 e. The average molecular weight is 485 g/mol. The first-order valence-electron chi connectivity index (χ1n) is 10.8. The van der Waals surface area contributed by atoms with Crippen LogP contribution in [0.2, 0.25) is 0 Å². The molecule has 34 heavy (non-hydrogen) atoms. The maximum atomic E-state index is 12.8. The number of benzene rings is 3. The molecule has 180 valence electrons. The Labute approximate surface area is 200 Å². The highest BCUT2D eigenvalue weighted by Gasteiger charge is 2.23. The number of methoxy groups -OCH3 is 1. The van der Waals surface area contributed by atoms with Crippen LogP contribution in [0, 0.1) is 0 Å². The average Bonchev–Trinajstić information content (AvgIpc) is 2.85. The Morgan fingerprint density at radius 3 is 2.12 bits per heavy atom. The van der Waals surface area contributed by atoms with Crippen molar-refractivity contribution in [3.05, 3.63) is 72.8 Å². The van der Waals surface area contributed by atoms with E-state index in [1.165, 1.54) is 29.6 Å². The van der Waals surface area contributed by atoms with Gasteiger partial charge in [0.25, 0.3) is 5.91 Å². The van der Waals surface area contributed by atoms with Gasteiger partial charge in [-0.2, -0.15) is 4.31 Å². The molecule has 0 fully saturated rings. The molecular formula is C25H28N2O6S. The van der Waals surface area contributed by atoms with Crippen molar-refractivity contribution in [2.45, 2.75) is 18.7 Å². The normalized spacial score (nSPS) is 11.2. The van der Waals surface area contributed by atoms with Crippen LogP contribution in [-0.4, -0.2) is 45.4 Å². The summed E-state index contributed by atoms with van der Waals surface area (Å²) in [6.45, 7) is 3.95. The van der Waals surface area contributed by atoms with E-state index in [2.05, 4.69) is 5.32 Å². The Morgan fingerprint density at radius 1 is 0.882 bits per heavy atom. The molecule has 3 rings (SSSR count). The number of para-hydroxylation sites is 1. The molecule has 0 atom stereocenters. The van der Waals surface area contributed by atoms with Gasteiger partial charge in [0, 0.05) is 13.1 Å². The Hall–Kier alpha value is -3.56. The Balaban J connectivity index is 1.64. The van der Waals surface area contributed by atoms with E-state index in [1.807, 2.05) is 30.3 Å². The number of ether oxygens (including phenoxy) is 3. The van der Waals surface area contributed by atoms with Crippen LogP contribution in [0.4, 0.5) is 5.69 Å². The number of anilines is 1. The molecule has 3 aromatic carbocycles. The van der Waals surface area contributed by atoms with Crippen molar-refractivity contribution in [1.29, 1.82) is 0 Å². The van der Waals surface area contributed by atoms with E-state index >= 15 is 0 Å². The first kappa shape index (κ1) is 25.1. The zero-order valence-electron chi connectivity index (χ0n) is 19.4. The van der Waals surface area contributed by atoms with E-state index in [0.29, 0.717) is 30.3 Å². The van der Waals surface area contributed by atoms with Gasteiger partial charge in [-0.1, -0.05) is 32.0 Å². The van der Waals surface area contributed by atoms with E-state index in [-0.39, 0.29) is 17.2 Å². The van der Waals surface area contributed by atoms with Gasteiger partial charge in [0.1, 0.15) is 23.0 Å². The van der Waals surface area contributed by atoms with Gasteiger partial charge < -0.3 is 19.5 Å². The second kappa shape index (κ2) is 11.5. The minimum absolute atomic E-state index is 0.0715. The number of hydrogen-bond acceptors (Lipinski definition) is 6. The number of nitrogens with one attached hydrogen (secondary N) is 1. The van der Waals surface area contributed by atoms with Crippen LogP contribution in [0.25, 0.3) is 0 Å². The molecule has 0 saturated heterocycles. The molecule has 0 saturated carbocycles. The molecular weight excluding hydrogens is 456 g/mol. The molecule has 0 heterocycles. The third-order valence-electron chi connectivity index (χ3n) is 4.96. The maximum absolute atomic E-state index is 12.8. The lowest BCUT2D eigenvalue weighted by Gasteiger charge is -2.19. The first-order valence-corrected chi connectivity index (χ1v) is 12.2. The third kappa shape index (κ3) is 6.27. The van der Waals surface area contributed by atoms with E-state index in [1.54, 1.807) is 38.1 Å². The quantitative estimate of drug-likeness (QED) is 0.430. The first-order chi connectivity index (χ1) is 16.4. The zero-order chi connectivity index (χ0) is 24.6. The molecule has 1 amide bonds. The molecule has 0 radical (unpaired) electrons. The molecule has 9 heteroatoms. The second-order valence-corrected chi connectivity index (χ2v) is 9.11. The number of carbonyl (C=O) groups excluding carboxylic acids is 1. The summed E-state index contributed by atoms with van der Waals surface area (Å²) < 4.78 is 43.6. The van der Waals surface area contributed by atoms with Gasteiger partial charge in [0.2, 0.25) is 10.0 Å². The van der Waals surface area contributed by atoms with E-state index < -0.39 is 15.9 Å². The van der Waals surface area contributed by atoms with Crippen LogP contribution in [0.1, 0.15) is 13.8 Å². The van der Waals surface area contributed by atoms with Crippen LogP contribution >= 0.6 is 0 Å². The lowest BCUT2D eigenvalue weighted by molar-refractivity contribution is -0.118. The second-order valence-electron chi connectivity index (χ2n) is 7.17. The molecule has 8 nitrogen and oxygen atoms in total. The van der Waals surface area contributed by atoms with Gasteiger partial charge in [0.15, 0.2) is 6.61 Å². The molecule has 3 aromatic rings. The molecule has 0 unspecified atom stereocenters. The van der Waals surface area contributed by atoms with Crippen LogP contribution in [0.5, 0.6) is 23.0 Å². The third-order valence-corrected chi connectivity index (χ3v) is 7.01. The number of sulfonamides is 1. The van der Waals surface area contributed by atoms with Gasteiger partial charge >= 0.3 is 0 Å². The molecule has 0 bridgehead atoms. The largest absolute Gasteiger partial charge is 0.495 e. The number of carbonyl (C=O) groups is 1. The predicted octanol–water partition coefficient (Wildman–Crippen LogP) is 4.54. The molecule has 0 aliphatic carbocycles. The van der Waals surface area contributed by atoms with Gasteiger partial charge in [-0.15, -0.1) is 0 Å². The van der Waals surface area contributed by atoms with Crippen molar-refractivity contribution >= 4 is 21.6 Å². The van der Waals surface area contributed by atoms with Crippen molar-refractivity contribution in [2.75, 3.05) is 32.1 Å². The summed E-state index contributed by atoms with van der Waals surface area (Å²) in [6, 6.07) is 20.6. The standard InChI is InChI=1S/C25H28N2O6S/c1-4-27(5-2)34(29,30)22-15-16-24(31-3)23(17-22)26-25(28)18-32-19-11-13-21(14-12-19)33-20-9-7-6-8-10-20/h6-17H,4-5,18H2,1-3H3,(H,26,28). The van der Waals surface area contributed by atoms with Crippen LogP contribution in [0.15, 0.2) is 77.7 Å². The highest BCUT2D eigenvalue weighted by molar-refractivity contribution is 7.89. The minimum atomic E-state index is -3.68. The molecule has 0 aliphatic heterocycles. The highest BCUT2D eigenvalue weighted by atomic mass is 32.2. The summed E-state index contributed by atoms with van der Waals surface area (Å²) in [5.41, 5.74) is 0.246. The van der Waals surface area contributed by atoms with E-state index in [4.69, 9.17) is 14.2 Å². The summed E-state index contributed by atoms with van der Waals surface area (Å²) in [5.74, 6) is 1.73. The number of nitrogens with zero attached hydrogens (tertiary/aromatic N) is 1. The summed E-state index contributed by atoms with van der Waals surface area (Å²) in [6.07, 6.45) is 0. The Bertz CT molecular complexity index is 1190. The van der Waals surface area contributed by atoms with Crippen molar-refractivity contribution in [3.8, 4) is 23.0 Å². The highest BCUT2D eigenvalue weighted by Crippen LogP contribution is 2.29. The molecule has 0 spiro atoms. The summed E-state index contributed by atoms with van der Waals surface area (Å²) in [4.78, 5) is 12.6. The summed E-state index contributed by atoms with van der Waals surface area (Å²) >= 11 is 0. The van der Waals surface area contributed by atoms with Crippen molar-refractivity contribution < 1.29 is 27.4 Å². The van der Waals surface area contributed by atoms with Crippen LogP contribution in [0.3, 0.4) is 0 Å². The van der Waals surface area contributed by atoms with Crippen molar-refractivity contribution in [3.63, 3.8) is 0 Å². The number of hydrogen-bond donors (Lipinski definition) is 1. The van der Waals surface area contributed by atoms with Crippen LogP contribution in [-0.2, 0) is 14.8 Å². The van der Waals surface area contributed by atoms with Gasteiger partial charge in [-0.05, 0) is 54.6 Å². The lowest BCUT2D eigenvalue weighted by atomic mass is 10.3. The predicted molar refractivity (Wildman–Crippen MR) is 130 cm³/mol. The van der Waals surface area contributed by atoms with E-state index in [0.717, 1.165) is 5.75 Å². The summed E-state index contributed by atoms with van der Waals surface area (Å²) in [7, 11) is -2.24. The molecule has 1 N–H and O–H groups in total. The molecule has 0 aromatic heterocycles. The van der Waals surface area contributed by atoms with Gasteiger partial charge in [-0.25, -0.2) is 8.42 Å². The van der Waals surface area contributed by atoms with Gasteiger partial charge in [0.05, 0.1) is 17.7 Å². The smallest absolute Gasteiger partial charge is 0.262 e. The van der Waals surface area contributed by atoms with Crippen molar-refractivity contribution in [2.24, 2.45) is 0 Å². The topological polar surface area (TPSA) is 94.2 Å². The minimum Gasteiger partial charge on any atom is -0.495 e. The Morgan fingerprint density at radius 2 is 1.50 bits per heavy atom. The SMILES string of the molecule is CCN(CC)S(=O)(=O)c1ccc(OC)c(NC(=O)COc2ccc(Oc3ccccc3)cc2)c1. The summed E-state index contributed by atoms with van der Waals surface area (Å²) in [5, 5.41) is 2.67. The Kier molecular flexibility index (Phi) is 8.50. The number of amides is 1. The lowest BCUT2D eigenvalue weighted by Crippen LogP contribution is -2.30. The van der Waals surface area contributed by atoms with Crippen molar-refractivity contribution in [1.82, 2.24) is 4.31 Å². The fourth-order valence-corrected chi connectivity index (χ4v) is 4.71. The van der Waals surface area contributed by atoms with Gasteiger partial charge in [-0.3, -0.25) is 4.79 Å². The molecule has 0 aliphatic rings. The van der Waals surface area contributed by atoms with E-state index in [9.17, 15) is 13.2 Å². The fourth-order valence-electron chi connectivity index (χ4n) is 3.22. The fraction of sp³-hybridized carbons (Fsp3) is 0.240. The monoisotopic (exact) mass is 484 g/mol. The number of rotatable bonds is 11.